The van der Waals surface area contributed by atoms with E-state index in [1.54, 1.807) is 7.11 Å². The first kappa shape index (κ1) is 15.9. The van der Waals surface area contributed by atoms with Gasteiger partial charge < -0.3 is 19.5 Å². The molecule has 0 amide bonds. The van der Waals surface area contributed by atoms with Gasteiger partial charge in [0.15, 0.2) is 0 Å². The Balaban J connectivity index is 1.91. The summed E-state index contributed by atoms with van der Waals surface area (Å²) in [5.41, 5.74) is 0. The highest BCUT2D eigenvalue weighted by Crippen LogP contribution is 2.05. The van der Waals surface area contributed by atoms with Gasteiger partial charge in [-0.25, -0.2) is 0 Å². The second-order valence-corrected chi connectivity index (χ2v) is 4.57. The van der Waals surface area contributed by atoms with Crippen LogP contribution < -0.4 is 5.32 Å². The molecule has 1 fully saturated rings. The third kappa shape index (κ3) is 6.66. The molecule has 1 aliphatic heterocycles. The lowest BCUT2D eigenvalue weighted by Gasteiger charge is -2.38. The molecule has 18 heavy (non-hydrogen) atoms. The molecule has 5 heteroatoms. The minimum atomic E-state index is 0.648. The Bertz CT molecular complexity index is 189. The molecule has 0 unspecified atom stereocenters. The number of hydrogen-bond acceptors (Lipinski definition) is 5. The molecule has 0 atom stereocenters. The Labute approximate surface area is 111 Å². The largest absolute Gasteiger partial charge is 0.382 e. The molecule has 1 rings (SSSR count). The van der Waals surface area contributed by atoms with E-state index in [9.17, 15) is 0 Å². The lowest BCUT2D eigenvalue weighted by atomic mass is 10.1. The normalized spacial score (nSPS) is 16.2. The van der Waals surface area contributed by atoms with E-state index < -0.39 is 0 Å². The zero-order valence-corrected chi connectivity index (χ0v) is 11.8. The second kappa shape index (κ2) is 10.7. The first-order valence-electron chi connectivity index (χ1n) is 6.97. The van der Waals surface area contributed by atoms with E-state index in [0.717, 1.165) is 26.2 Å². The Morgan fingerprint density at radius 1 is 1.00 bits per heavy atom. The Morgan fingerprint density at radius 2 is 1.67 bits per heavy atom. The predicted octanol–water partition coefficient (Wildman–Crippen LogP) is 0.350. The standard InChI is InChI=1S/C13H28N2O3/c1-3-4-15(13-11-14-12-13)5-6-17-9-10-18-8-7-16-2/h13-14H,3-12H2,1-2H3. The molecule has 5 nitrogen and oxygen atoms in total. The van der Waals surface area contributed by atoms with Gasteiger partial charge in [0.1, 0.15) is 0 Å². The molecule has 108 valence electrons. The van der Waals surface area contributed by atoms with Crippen LogP contribution in [0.25, 0.3) is 0 Å². The fourth-order valence-corrected chi connectivity index (χ4v) is 1.94. The van der Waals surface area contributed by atoms with Crippen molar-refractivity contribution in [2.45, 2.75) is 19.4 Å². The number of rotatable bonds is 12. The minimum Gasteiger partial charge on any atom is -0.382 e. The van der Waals surface area contributed by atoms with Gasteiger partial charge in [-0.3, -0.25) is 4.90 Å². The van der Waals surface area contributed by atoms with Crippen molar-refractivity contribution in [3.63, 3.8) is 0 Å². The molecule has 0 saturated carbocycles. The zero-order chi connectivity index (χ0) is 13.1. The van der Waals surface area contributed by atoms with Gasteiger partial charge in [-0.1, -0.05) is 6.92 Å². The Morgan fingerprint density at radius 3 is 2.22 bits per heavy atom. The van der Waals surface area contributed by atoms with Crippen molar-refractivity contribution < 1.29 is 14.2 Å². The van der Waals surface area contributed by atoms with E-state index in [4.69, 9.17) is 14.2 Å². The van der Waals surface area contributed by atoms with Crippen molar-refractivity contribution in [3.8, 4) is 0 Å². The average molecular weight is 260 g/mol. The molecule has 0 bridgehead atoms. The fraction of sp³-hybridized carbons (Fsp3) is 1.00. The lowest BCUT2D eigenvalue weighted by molar-refractivity contribution is 0.0140. The van der Waals surface area contributed by atoms with E-state index in [2.05, 4.69) is 17.1 Å². The predicted molar refractivity (Wildman–Crippen MR) is 72.0 cm³/mol. The second-order valence-electron chi connectivity index (χ2n) is 4.57. The van der Waals surface area contributed by atoms with Crippen molar-refractivity contribution in [2.24, 2.45) is 0 Å². The molecule has 0 radical (unpaired) electrons. The smallest absolute Gasteiger partial charge is 0.0701 e. The van der Waals surface area contributed by atoms with Crippen molar-refractivity contribution in [1.82, 2.24) is 10.2 Å². The van der Waals surface area contributed by atoms with Crippen LogP contribution in [-0.2, 0) is 14.2 Å². The number of methoxy groups -OCH3 is 1. The highest BCUT2D eigenvalue weighted by Gasteiger charge is 2.23. The maximum atomic E-state index is 5.58. The monoisotopic (exact) mass is 260 g/mol. The van der Waals surface area contributed by atoms with Gasteiger partial charge in [-0.2, -0.15) is 0 Å². The average Bonchev–Trinajstić information content (AvgIpc) is 2.30. The van der Waals surface area contributed by atoms with E-state index >= 15 is 0 Å². The number of hydrogen-bond donors (Lipinski definition) is 1. The SMILES string of the molecule is CCCN(CCOCCOCCOC)C1CNC1. The number of ether oxygens (including phenoxy) is 3. The molecule has 0 aromatic rings. The molecular weight excluding hydrogens is 232 g/mol. The summed E-state index contributed by atoms with van der Waals surface area (Å²) in [5.74, 6) is 0. The van der Waals surface area contributed by atoms with E-state index in [0.29, 0.717) is 32.5 Å². The van der Waals surface area contributed by atoms with Gasteiger partial charge in [-0.15, -0.1) is 0 Å². The Hall–Kier alpha value is -0.200. The lowest BCUT2D eigenvalue weighted by Crippen LogP contribution is -2.57. The summed E-state index contributed by atoms with van der Waals surface area (Å²) >= 11 is 0. The van der Waals surface area contributed by atoms with E-state index in [1.807, 2.05) is 0 Å². The topological polar surface area (TPSA) is 43.0 Å². The summed E-state index contributed by atoms with van der Waals surface area (Å²) in [6.45, 7) is 10.1. The van der Waals surface area contributed by atoms with Gasteiger partial charge in [-0.05, 0) is 13.0 Å². The third-order valence-corrected chi connectivity index (χ3v) is 3.11. The van der Waals surface area contributed by atoms with Crippen LogP contribution in [0.2, 0.25) is 0 Å². The van der Waals surface area contributed by atoms with Crippen LogP contribution in [-0.4, -0.2) is 77.3 Å². The summed E-state index contributed by atoms with van der Waals surface area (Å²) in [6.07, 6.45) is 1.20. The molecule has 0 spiro atoms. The van der Waals surface area contributed by atoms with Crippen LogP contribution in [0.4, 0.5) is 0 Å². The molecule has 0 aromatic carbocycles. The van der Waals surface area contributed by atoms with Crippen molar-refractivity contribution in [1.29, 1.82) is 0 Å². The number of nitrogens with zero attached hydrogens (tertiary/aromatic N) is 1. The van der Waals surface area contributed by atoms with Gasteiger partial charge in [0, 0.05) is 32.8 Å². The number of nitrogens with one attached hydrogen (secondary N) is 1. The molecule has 0 aromatic heterocycles. The van der Waals surface area contributed by atoms with Crippen molar-refractivity contribution in [3.05, 3.63) is 0 Å². The van der Waals surface area contributed by atoms with Gasteiger partial charge >= 0.3 is 0 Å². The van der Waals surface area contributed by atoms with Crippen LogP contribution in [0.3, 0.4) is 0 Å². The van der Waals surface area contributed by atoms with Crippen LogP contribution >= 0.6 is 0 Å². The van der Waals surface area contributed by atoms with Crippen LogP contribution in [0.5, 0.6) is 0 Å². The van der Waals surface area contributed by atoms with Crippen LogP contribution in [0, 0.1) is 0 Å². The van der Waals surface area contributed by atoms with Crippen molar-refractivity contribution in [2.75, 3.05) is 66.3 Å². The minimum absolute atomic E-state index is 0.648. The molecule has 1 heterocycles. The summed E-state index contributed by atoms with van der Waals surface area (Å²) in [4.78, 5) is 2.52. The molecule has 1 aliphatic rings. The highest BCUT2D eigenvalue weighted by atomic mass is 16.5. The van der Waals surface area contributed by atoms with Crippen LogP contribution in [0.1, 0.15) is 13.3 Å². The van der Waals surface area contributed by atoms with Gasteiger partial charge in [0.05, 0.1) is 33.0 Å². The van der Waals surface area contributed by atoms with E-state index in [-0.39, 0.29) is 0 Å². The van der Waals surface area contributed by atoms with Gasteiger partial charge in [0.2, 0.25) is 0 Å². The summed E-state index contributed by atoms with van der Waals surface area (Å²) in [5, 5.41) is 3.32. The maximum absolute atomic E-state index is 5.58. The van der Waals surface area contributed by atoms with Crippen molar-refractivity contribution >= 4 is 0 Å². The quantitative estimate of drug-likeness (QED) is 0.513. The Kier molecular flexibility index (Phi) is 9.42. The van der Waals surface area contributed by atoms with Crippen LogP contribution in [0.15, 0.2) is 0 Å². The highest BCUT2D eigenvalue weighted by molar-refractivity contribution is 4.84. The summed E-state index contributed by atoms with van der Waals surface area (Å²) in [6, 6.07) is 0.714. The first-order valence-corrected chi connectivity index (χ1v) is 6.97. The molecule has 1 N–H and O–H groups in total. The fourth-order valence-electron chi connectivity index (χ4n) is 1.94. The summed E-state index contributed by atoms with van der Waals surface area (Å²) < 4.78 is 15.8. The summed E-state index contributed by atoms with van der Waals surface area (Å²) in [7, 11) is 1.68. The van der Waals surface area contributed by atoms with Gasteiger partial charge in [0.25, 0.3) is 0 Å². The third-order valence-electron chi connectivity index (χ3n) is 3.11. The molecular formula is C13H28N2O3. The first-order chi connectivity index (χ1) is 8.88. The maximum Gasteiger partial charge on any atom is 0.0701 e. The zero-order valence-electron chi connectivity index (χ0n) is 11.8. The molecule has 1 saturated heterocycles. The van der Waals surface area contributed by atoms with E-state index in [1.165, 1.54) is 13.0 Å². The molecule has 0 aliphatic carbocycles.